The summed E-state index contributed by atoms with van der Waals surface area (Å²) in [6.07, 6.45) is -4.50. The second-order valence-electron chi connectivity index (χ2n) is 3.03. The number of nitrogens with two attached hydrogens (primary N) is 1. The summed E-state index contributed by atoms with van der Waals surface area (Å²) < 4.78 is 48.0. The fourth-order valence-electron chi connectivity index (χ4n) is 1.02. The lowest BCUT2D eigenvalue weighted by atomic mass is 10.1. The first-order chi connectivity index (χ1) is 7.29. The van der Waals surface area contributed by atoms with Crippen LogP contribution in [-0.4, -0.2) is 18.6 Å². The molecular formula is C9H8F4N2O. The highest BCUT2D eigenvalue weighted by Gasteiger charge is 2.28. The van der Waals surface area contributed by atoms with Crippen molar-refractivity contribution in [3.05, 3.63) is 29.6 Å². The van der Waals surface area contributed by atoms with E-state index in [2.05, 4.69) is 0 Å². The summed E-state index contributed by atoms with van der Waals surface area (Å²) in [4.78, 5) is 11.2. The largest absolute Gasteiger partial charge is 0.405 e. The molecule has 1 rings (SSSR count). The number of anilines is 1. The Kier molecular flexibility index (Phi) is 3.36. The molecule has 1 aromatic carbocycles. The fourth-order valence-corrected chi connectivity index (χ4v) is 1.02. The van der Waals surface area contributed by atoms with Gasteiger partial charge in [0, 0.05) is 5.69 Å². The zero-order valence-electron chi connectivity index (χ0n) is 7.94. The summed E-state index contributed by atoms with van der Waals surface area (Å²) in [6.45, 7) is -1.46. The molecule has 0 spiro atoms. The Morgan fingerprint density at radius 2 is 2.00 bits per heavy atom. The van der Waals surface area contributed by atoms with Gasteiger partial charge in [0.1, 0.15) is 12.4 Å². The van der Waals surface area contributed by atoms with E-state index in [0.29, 0.717) is 0 Å². The maximum atomic E-state index is 12.6. The van der Waals surface area contributed by atoms with E-state index in [1.807, 2.05) is 0 Å². The minimum Gasteiger partial charge on any atom is -0.398 e. The number of carbonyl (C=O) groups excluding carboxylic acids is 1. The van der Waals surface area contributed by atoms with Crippen LogP contribution in [0.1, 0.15) is 10.4 Å². The number of carbonyl (C=O) groups is 1. The second kappa shape index (κ2) is 4.38. The van der Waals surface area contributed by atoms with Crippen LogP contribution in [0.15, 0.2) is 18.2 Å². The van der Waals surface area contributed by atoms with Gasteiger partial charge in [0.05, 0.1) is 5.56 Å². The van der Waals surface area contributed by atoms with Gasteiger partial charge < -0.3 is 11.1 Å². The summed E-state index contributed by atoms with van der Waals surface area (Å²) in [5.41, 5.74) is 4.88. The van der Waals surface area contributed by atoms with Crippen molar-refractivity contribution in [3.63, 3.8) is 0 Å². The van der Waals surface area contributed by atoms with Crippen molar-refractivity contribution in [1.29, 1.82) is 0 Å². The average molecular weight is 236 g/mol. The molecule has 1 aromatic rings. The van der Waals surface area contributed by atoms with Crippen LogP contribution in [0.2, 0.25) is 0 Å². The standard InChI is InChI=1S/C9H8F4N2O/c10-5-1-2-6(7(14)3-5)8(16)15-4-9(11,12)13/h1-3H,4,14H2,(H,15,16). The minimum atomic E-state index is -4.50. The summed E-state index contributed by atoms with van der Waals surface area (Å²) in [5, 5.41) is 1.63. The van der Waals surface area contributed by atoms with E-state index in [1.54, 1.807) is 5.32 Å². The number of hydrogen-bond donors (Lipinski definition) is 2. The molecule has 1 amide bonds. The molecular weight excluding hydrogens is 228 g/mol. The molecule has 0 unspecified atom stereocenters. The lowest BCUT2D eigenvalue weighted by molar-refractivity contribution is -0.123. The quantitative estimate of drug-likeness (QED) is 0.606. The highest BCUT2D eigenvalue weighted by Crippen LogP contribution is 2.15. The number of rotatable bonds is 2. The Bertz CT molecular complexity index is 403. The molecule has 0 bridgehead atoms. The summed E-state index contributed by atoms with van der Waals surface area (Å²) in [7, 11) is 0. The number of nitrogens with one attached hydrogen (secondary N) is 1. The normalized spacial score (nSPS) is 11.2. The molecule has 0 saturated carbocycles. The first-order valence-electron chi connectivity index (χ1n) is 4.19. The first kappa shape index (κ1) is 12.3. The topological polar surface area (TPSA) is 55.1 Å². The summed E-state index contributed by atoms with van der Waals surface area (Å²) in [6, 6.07) is 2.83. The van der Waals surface area contributed by atoms with E-state index >= 15 is 0 Å². The van der Waals surface area contributed by atoms with Crippen molar-refractivity contribution in [3.8, 4) is 0 Å². The van der Waals surface area contributed by atoms with E-state index in [-0.39, 0.29) is 11.3 Å². The van der Waals surface area contributed by atoms with Gasteiger partial charge in [-0.05, 0) is 18.2 Å². The third kappa shape index (κ3) is 3.41. The molecule has 0 aliphatic carbocycles. The SMILES string of the molecule is Nc1cc(F)ccc1C(=O)NCC(F)(F)F. The smallest absolute Gasteiger partial charge is 0.398 e. The van der Waals surface area contributed by atoms with E-state index in [9.17, 15) is 22.4 Å². The lowest BCUT2D eigenvalue weighted by Crippen LogP contribution is -2.34. The number of amides is 1. The number of benzene rings is 1. The minimum absolute atomic E-state index is 0.189. The van der Waals surface area contributed by atoms with Gasteiger partial charge in [0.2, 0.25) is 0 Å². The van der Waals surface area contributed by atoms with E-state index in [1.165, 1.54) is 0 Å². The number of alkyl halides is 3. The Hall–Kier alpha value is -1.79. The summed E-state index contributed by atoms with van der Waals surface area (Å²) >= 11 is 0. The third-order valence-electron chi connectivity index (χ3n) is 1.71. The molecule has 0 atom stereocenters. The maximum absolute atomic E-state index is 12.6. The summed E-state index contributed by atoms with van der Waals surface area (Å²) in [5.74, 6) is -1.65. The van der Waals surface area contributed by atoms with Gasteiger partial charge in [0.15, 0.2) is 0 Å². The van der Waals surface area contributed by atoms with Crippen LogP contribution in [0.3, 0.4) is 0 Å². The van der Waals surface area contributed by atoms with Crippen molar-refractivity contribution < 1.29 is 22.4 Å². The molecule has 0 heterocycles. The molecule has 0 aromatic heterocycles. The van der Waals surface area contributed by atoms with E-state index < -0.39 is 24.4 Å². The van der Waals surface area contributed by atoms with Crippen molar-refractivity contribution in [2.24, 2.45) is 0 Å². The van der Waals surface area contributed by atoms with Crippen molar-refractivity contribution >= 4 is 11.6 Å². The Morgan fingerprint density at radius 3 is 2.50 bits per heavy atom. The van der Waals surface area contributed by atoms with E-state index in [4.69, 9.17) is 5.73 Å². The van der Waals surface area contributed by atoms with Crippen LogP contribution in [-0.2, 0) is 0 Å². The highest BCUT2D eigenvalue weighted by molar-refractivity contribution is 5.99. The van der Waals surface area contributed by atoms with Crippen LogP contribution < -0.4 is 11.1 Å². The van der Waals surface area contributed by atoms with Crippen molar-refractivity contribution in [1.82, 2.24) is 5.32 Å². The molecule has 0 aliphatic rings. The number of halogens is 4. The van der Waals surface area contributed by atoms with Crippen LogP contribution in [0.4, 0.5) is 23.2 Å². The second-order valence-corrected chi connectivity index (χ2v) is 3.03. The zero-order valence-corrected chi connectivity index (χ0v) is 7.94. The fraction of sp³-hybridized carbons (Fsp3) is 0.222. The molecule has 0 radical (unpaired) electrons. The van der Waals surface area contributed by atoms with Gasteiger partial charge in [0.25, 0.3) is 5.91 Å². The molecule has 3 N–H and O–H groups in total. The first-order valence-corrected chi connectivity index (χ1v) is 4.19. The molecule has 0 saturated heterocycles. The molecule has 0 aliphatic heterocycles. The molecule has 88 valence electrons. The van der Waals surface area contributed by atoms with E-state index in [0.717, 1.165) is 18.2 Å². The molecule has 3 nitrogen and oxygen atoms in total. The van der Waals surface area contributed by atoms with Gasteiger partial charge >= 0.3 is 6.18 Å². The van der Waals surface area contributed by atoms with Crippen LogP contribution in [0, 0.1) is 5.82 Å². The van der Waals surface area contributed by atoms with Crippen LogP contribution in [0.25, 0.3) is 0 Å². The maximum Gasteiger partial charge on any atom is 0.405 e. The van der Waals surface area contributed by atoms with Crippen LogP contribution in [0.5, 0.6) is 0 Å². The number of hydrogen-bond acceptors (Lipinski definition) is 2. The van der Waals surface area contributed by atoms with Gasteiger partial charge in [-0.25, -0.2) is 4.39 Å². The Labute approximate surface area is 88.2 Å². The van der Waals surface area contributed by atoms with Crippen LogP contribution >= 0.6 is 0 Å². The third-order valence-corrected chi connectivity index (χ3v) is 1.71. The predicted octanol–water partition coefficient (Wildman–Crippen LogP) is 1.70. The average Bonchev–Trinajstić information content (AvgIpc) is 2.13. The van der Waals surface area contributed by atoms with Crippen molar-refractivity contribution in [2.45, 2.75) is 6.18 Å². The Balaban J connectivity index is 2.74. The number of nitrogen functional groups attached to an aromatic ring is 1. The predicted molar refractivity (Wildman–Crippen MR) is 49.2 cm³/mol. The van der Waals surface area contributed by atoms with Gasteiger partial charge in [-0.3, -0.25) is 4.79 Å². The van der Waals surface area contributed by atoms with Gasteiger partial charge in [-0.2, -0.15) is 13.2 Å². The van der Waals surface area contributed by atoms with Gasteiger partial charge in [-0.1, -0.05) is 0 Å². The molecule has 16 heavy (non-hydrogen) atoms. The molecule has 7 heteroatoms. The monoisotopic (exact) mass is 236 g/mol. The Morgan fingerprint density at radius 1 is 1.38 bits per heavy atom. The van der Waals surface area contributed by atoms with Gasteiger partial charge in [-0.15, -0.1) is 0 Å². The van der Waals surface area contributed by atoms with Crippen molar-refractivity contribution in [2.75, 3.05) is 12.3 Å². The highest BCUT2D eigenvalue weighted by atomic mass is 19.4. The molecule has 0 fully saturated rings. The lowest BCUT2D eigenvalue weighted by Gasteiger charge is -2.09. The zero-order chi connectivity index (χ0) is 12.3.